The first-order chi connectivity index (χ1) is 7.85. The Balaban J connectivity index is 2.26. The highest BCUT2D eigenvalue weighted by Crippen LogP contribution is 2.26. The van der Waals surface area contributed by atoms with Gasteiger partial charge in [-0.1, -0.05) is 30.3 Å². The monoisotopic (exact) mass is 215 g/mol. The Kier molecular flexibility index (Phi) is 3.30. The molecule has 2 rings (SSSR count). The predicted octanol–water partition coefficient (Wildman–Crippen LogP) is 3.79. The lowest BCUT2D eigenvalue weighted by molar-refractivity contribution is 0.562. The number of furan rings is 1. The Morgan fingerprint density at radius 3 is 2.25 bits per heavy atom. The Morgan fingerprint density at radius 1 is 0.938 bits per heavy atom. The van der Waals surface area contributed by atoms with E-state index in [-0.39, 0.29) is 0 Å². The first kappa shape index (κ1) is 10.8. The van der Waals surface area contributed by atoms with Gasteiger partial charge in [-0.15, -0.1) is 0 Å². The van der Waals surface area contributed by atoms with E-state index < -0.39 is 0 Å². The van der Waals surface area contributed by atoms with Gasteiger partial charge in [0.15, 0.2) is 5.88 Å². The molecule has 2 nitrogen and oxygen atoms in total. The quantitative estimate of drug-likeness (QED) is 0.771. The Hall–Kier alpha value is -1.70. The van der Waals surface area contributed by atoms with Crippen molar-refractivity contribution in [3.63, 3.8) is 0 Å². The van der Waals surface area contributed by atoms with Gasteiger partial charge in [-0.05, 0) is 19.9 Å². The minimum Gasteiger partial charge on any atom is -0.441 e. The van der Waals surface area contributed by atoms with Crippen LogP contribution in [0.2, 0.25) is 0 Å². The molecule has 0 bridgehead atoms. The van der Waals surface area contributed by atoms with Crippen LogP contribution in [0.3, 0.4) is 0 Å². The number of hydrogen-bond acceptors (Lipinski definition) is 2. The molecule has 0 spiro atoms. The Morgan fingerprint density at radius 2 is 1.62 bits per heavy atom. The Bertz CT molecular complexity index is 429. The van der Waals surface area contributed by atoms with Crippen LogP contribution >= 0.6 is 0 Å². The van der Waals surface area contributed by atoms with Crippen LogP contribution in [0.1, 0.15) is 13.8 Å². The summed E-state index contributed by atoms with van der Waals surface area (Å²) in [7, 11) is 0. The highest BCUT2D eigenvalue weighted by molar-refractivity contribution is 5.59. The minimum atomic E-state index is 0.933. The molecule has 0 fully saturated rings. The van der Waals surface area contributed by atoms with Crippen LogP contribution in [0.4, 0.5) is 5.88 Å². The van der Waals surface area contributed by atoms with Crippen molar-refractivity contribution in [2.24, 2.45) is 0 Å². The van der Waals surface area contributed by atoms with Crippen LogP contribution in [-0.4, -0.2) is 13.1 Å². The van der Waals surface area contributed by atoms with Gasteiger partial charge in [-0.2, -0.15) is 0 Å². The van der Waals surface area contributed by atoms with E-state index in [0.717, 1.165) is 30.3 Å². The lowest BCUT2D eigenvalue weighted by Gasteiger charge is -2.16. The third-order valence-electron chi connectivity index (χ3n) is 2.73. The zero-order valence-corrected chi connectivity index (χ0v) is 9.81. The second kappa shape index (κ2) is 4.88. The van der Waals surface area contributed by atoms with Crippen LogP contribution in [-0.2, 0) is 0 Å². The van der Waals surface area contributed by atoms with E-state index in [1.54, 1.807) is 0 Å². The van der Waals surface area contributed by atoms with Crippen molar-refractivity contribution in [2.45, 2.75) is 13.8 Å². The van der Waals surface area contributed by atoms with Gasteiger partial charge in [0, 0.05) is 24.7 Å². The topological polar surface area (TPSA) is 16.4 Å². The molecule has 2 aromatic rings. The zero-order chi connectivity index (χ0) is 11.4. The second-order valence-corrected chi connectivity index (χ2v) is 3.68. The fourth-order valence-corrected chi connectivity index (χ4v) is 1.79. The molecule has 1 aromatic heterocycles. The summed E-state index contributed by atoms with van der Waals surface area (Å²) in [6, 6.07) is 14.2. The molecule has 0 radical (unpaired) electrons. The first-order valence-corrected chi connectivity index (χ1v) is 5.75. The van der Waals surface area contributed by atoms with Crippen molar-refractivity contribution in [3.05, 3.63) is 42.5 Å². The lowest BCUT2D eigenvalue weighted by Crippen LogP contribution is -2.20. The maximum Gasteiger partial charge on any atom is 0.196 e. The molecule has 1 aromatic carbocycles. The van der Waals surface area contributed by atoms with E-state index in [9.17, 15) is 0 Å². The number of anilines is 1. The maximum atomic E-state index is 5.84. The van der Waals surface area contributed by atoms with Crippen LogP contribution in [0, 0.1) is 0 Å². The van der Waals surface area contributed by atoms with Crippen molar-refractivity contribution in [3.8, 4) is 11.3 Å². The summed E-state index contributed by atoms with van der Waals surface area (Å²) in [6.07, 6.45) is 0. The predicted molar refractivity (Wildman–Crippen MR) is 67.7 cm³/mol. The van der Waals surface area contributed by atoms with Gasteiger partial charge >= 0.3 is 0 Å². The van der Waals surface area contributed by atoms with Crippen molar-refractivity contribution in [2.75, 3.05) is 18.0 Å². The molecule has 16 heavy (non-hydrogen) atoms. The van der Waals surface area contributed by atoms with Gasteiger partial charge in [0.2, 0.25) is 0 Å². The van der Waals surface area contributed by atoms with E-state index in [1.165, 1.54) is 0 Å². The highest BCUT2D eigenvalue weighted by Gasteiger charge is 2.08. The van der Waals surface area contributed by atoms with Crippen molar-refractivity contribution >= 4 is 5.88 Å². The highest BCUT2D eigenvalue weighted by atomic mass is 16.4. The van der Waals surface area contributed by atoms with Crippen LogP contribution in [0.25, 0.3) is 11.3 Å². The third-order valence-corrected chi connectivity index (χ3v) is 2.73. The number of nitrogens with zero attached hydrogens (tertiary/aromatic N) is 1. The maximum absolute atomic E-state index is 5.84. The second-order valence-electron chi connectivity index (χ2n) is 3.68. The number of hydrogen-bond donors (Lipinski definition) is 0. The summed E-state index contributed by atoms with van der Waals surface area (Å²) in [5.74, 6) is 1.88. The first-order valence-electron chi connectivity index (χ1n) is 5.75. The van der Waals surface area contributed by atoms with Crippen molar-refractivity contribution in [1.29, 1.82) is 0 Å². The molecule has 0 unspecified atom stereocenters. The summed E-state index contributed by atoms with van der Waals surface area (Å²) in [6.45, 7) is 6.21. The molecule has 1 heterocycles. The van der Waals surface area contributed by atoms with E-state index in [4.69, 9.17) is 4.42 Å². The largest absolute Gasteiger partial charge is 0.441 e. The molecular weight excluding hydrogens is 198 g/mol. The van der Waals surface area contributed by atoms with Crippen molar-refractivity contribution < 1.29 is 4.42 Å². The smallest absolute Gasteiger partial charge is 0.196 e. The van der Waals surface area contributed by atoms with Gasteiger partial charge in [0.1, 0.15) is 5.76 Å². The summed E-state index contributed by atoms with van der Waals surface area (Å²) in [5, 5.41) is 0. The average molecular weight is 215 g/mol. The standard InChI is InChI=1S/C14H17NO/c1-3-15(4-2)14-11-10-13(16-14)12-8-6-5-7-9-12/h5-11H,3-4H2,1-2H3. The van der Waals surface area contributed by atoms with E-state index in [2.05, 4.69) is 30.9 Å². The molecule has 0 aliphatic carbocycles. The summed E-state index contributed by atoms with van der Waals surface area (Å²) in [5.41, 5.74) is 1.13. The summed E-state index contributed by atoms with van der Waals surface area (Å²) in [4.78, 5) is 2.20. The van der Waals surface area contributed by atoms with Gasteiger partial charge in [0.05, 0.1) is 0 Å². The number of rotatable bonds is 4. The van der Waals surface area contributed by atoms with Gasteiger partial charge in [-0.25, -0.2) is 0 Å². The van der Waals surface area contributed by atoms with E-state index >= 15 is 0 Å². The Labute approximate surface area is 96.5 Å². The molecule has 0 aliphatic rings. The molecule has 2 heteroatoms. The van der Waals surface area contributed by atoms with Gasteiger partial charge in [-0.3, -0.25) is 0 Å². The SMILES string of the molecule is CCN(CC)c1ccc(-c2ccccc2)o1. The molecule has 0 saturated carbocycles. The average Bonchev–Trinajstić information content (AvgIpc) is 2.81. The van der Waals surface area contributed by atoms with Gasteiger partial charge < -0.3 is 9.32 Å². The van der Waals surface area contributed by atoms with Crippen molar-refractivity contribution in [1.82, 2.24) is 0 Å². The number of benzene rings is 1. The molecular formula is C14H17NO. The van der Waals surface area contributed by atoms with Crippen LogP contribution < -0.4 is 4.90 Å². The summed E-state index contributed by atoms with van der Waals surface area (Å²) < 4.78 is 5.84. The normalized spacial score (nSPS) is 10.4. The summed E-state index contributed by atoms with van der Waals surface area (Å²) >= 11 is 0. The van der Waals surface area contributed by atoms with Crippen LogP contribution in [0.15, 0.2) is 46.9 Å². The van der Waals surface area contributed by atoms with Crippen LogP contribution in [0.5, 0.6) is 0 Å². The molecule has 0 N–H and O–H groups in total. The molecule has 0 aliphatic heterocycles. The molecule has 0 atom stereocenters. The lowest BCUT2D eigenvalue weighted by atomic mass is 10.2. The molecule has 84 valence electrons. The third kappa shape index (κ3) is 2.11. The van der Waals surface area contributed by atoms with E-state index in [0.29, 0.717) is 0 Å². The minimum absolute atomic E-state index is 0.933. The fraction of sp³-hybridized carbons (Fsp3) is 0.286. The zero-order valence-electron chi connectivity index (χ0n) is 9.81. The molecule has 0 saturated heterocycles. The van der Waals surface area contributed by atoms with Gasteiger partial charge in [0.25, 0.3) is 0 Å². The molecule has 0 amide bonds. The van der Waals surface area contributed by atoms with E-state index in [1.807, 2.05) is 30.3 Å². The fourth-order valence-electron chi connectivity index (χ4n) is 1.79.